The van der Waals surface area contributed by atoms with Crippen LogP contribution in [0, 0.1) is 23.4 Å². The Morgan fingerprint density at radius 1 is 1.19 bits per heavy atom. The molecule has 0 bridgehead atoms. The van der Waals surface area contributed by atoms with Gasteiger partial charge in [-0.1, -0.05) is 26.3 Å². The third-order valence-electron chi connectivity index (χ3n) is 2.67. The molecular weight excluding hydrogens is 217 g/mol. The second-order valence-electron chi connectivity index (χ2n) is 3.98. The Bertz CT molecular complexity index is 366. The molecule has 1 rings (SSSR count). The van der Waals surface area contributed by atoms with E-state index in [1.165, 1.54) is 0 Å². The van der Waals surface area contributed by atoms with Crippen LogP contribution in [0.2, 0.25) is 0 Å². The van der Waals surface area contributed by atoms with Crippen molar-refractivity contribution in [2.24, 2.45) is 5.92 Å². The van der Waals surface area contributed by atoms with Crippen LogP contribution in [0.25, 0.3) is 0 Å². The first-order valence-electron chi connectivity index (χ1n) is 5.30. The van der Waals surface area contributed by atoms with E-state index in [9.17, 15) is 18.3 Å². The molecule has 0 spiro atoms. The topological polar surface area (TPSA) is 20.2 Å². The van der Waals surface area contributed by atoms with E-state index >= 15 is 0 Å². The largest absolute Gasteiger partial charge is 0.388 e. The first kappa shape index (κ1) is 13.0. The average Bonchev–Trinajstić information content (AvgIpc) is 2.26. The molecule has 1 nitrogen and oxygen atoms in total. The first-order valence-corrected chi connectivity index (χ1v) is 5.30. The highest BCUT2D eigenvalue weighted by Gasteiger charge is 2.22. The molecule has 0 heterocycles. The van der Waals surface area contributed by atoms with Gasteiger partial charge in [-0.3, -0.25) is 0 Å². The maximum Gasteiger partial charge on any atom is 0.194 e. The second kappa shape index (κ2) is 5.34. The first-order chi connectivity index (χ1) is 7.49. The van der Waals surface area contributed by atoms with Gasteiger partial charge in [-0.2, -0.15) is 0 Å². The lowest BCUT2D eigenvalue weighted by Crippen LogP contribution is -2.12. The minimum Gasteiger partial charge on any atom is -0.388 e. The zero-order valence-corrected chi connectivity index (χ0v) is 9.30. The lowest BCUT2D eigenvalue weighted by molar-refractivity contribution is 0.107. The molecule has 0 fully saturated rings. The lowest BCUT2D eigenvalue weighted by atomic mass is 9.93. The Morgan fingerprint density at radius 2 is 1.81 bits per heavy atom. The van der Waals surface area contributed by atoms with Crippen molar-refractivity contribution in [2.75, 3.05) is 0 Å². The predicted octanol–water partition coefficient (Wildman–Crippen LogP) is 3.57. The second-order valence-corrected chi connectivity index (χ2v) is 3.98. The van der Waals surface area contributed by atoms with Crippen molar-refractivity contribution in [3.63, 3.8) is 0 Å². The van der Waals surface area contributed by atoms with Gasteiger partial charge in [-0.15, -0.1) is 0 Å². The zero-order valence-electron chi connectivity index (χ0n) is 9.30. The Morgan fingerprint density at radius 3 is 2.38 bits per heavy atom. The number of aliphatic hydroxyl groups is 1. The van der Waals surface area contributed by atoms with E-state index in [-0.39, 0.29) is 11.5 Å². The van der Waals surface area contributed by atoms with Gasteiger partial charge < -0.3 is 5.11 Å². The van der Waals surface area contributed by atoms with E-state index in [4.69, 9.17) is 0 Å². The molecule has 0 amide bonds. The normalized spacial score (nSPS) is 14.9. The summed E-state index contributed by atoms with van der Waals surface area (Å²) >= 11 is 0. The van der Waals surface area contributed by atoms with Gasteiger partial charge in [0.05, 0.1) is 6.10 Å². The summed E-state index contributed by atoms with van der Waals surface area (Å²) in [5, 5.41) is 9.79. The number of hydrogen-bond acceptors (Lipinski definition) is 1. The van der Waals surface area contributed by atoms with Crippen molar-refractivity contribution in [1.29, 1.82) is 0 Å². The maximum absolute atomic E-state index is 13.3. The van der Waals surface area contributed by atoms with E-state index in [2.05, 4.69) is 0 Å². The van der Waals surface area contributed by atoms with Crippen molar-refractivity contribution < 1.29 is 18.3 Å². The van der Waals surface area contributed by atoms with Crippen molar-refractivity contribution in [1.82, 2.24) is 0 Å². The molecule has 0 aliphatic rings. The van der Waals surface area contributed by atoms with E-state index in [1.54, 1.807) is 6.92 Å². The fourth-order valence-electron chi connectivity index (χ4n) is 1.69. The Balaban J connectivity index is 3.00. The summed E-state index contributed by atoms with van der Waals surface area (Å²) in [6.07, 6.45) is 0.429. The molecule has 2 unspecified atom stereocenters. The molecule has 4 heteroatoms. The van der Waals surface area contributed by atoms with Gasteiger partial charge in [-0.05, 0) is 18.4 Å². The molecule has 0 aliphatic heterocycles. The fourth-order valence-corrected chi connectivity index (χ4v) is 1.69. The molecule has 90 valence electrons. The summed E-state index contributed by atoms with van der Waals surface area (Å²) in [6, 6.07) is 1.92. The van der Waals surface area contributed by atoms with Crippen molar-refractivity contribution in [2.45, 2.75) is 32.8 Å². The van der Waals surface area contributed by atoms with E-state index in [0.29, 0.717) is 6.42 Å². The Labute approximate surface area is 92.9 Å². The third-order valence-corrected chi connectivity index (χ3v) is 2.67. The van der Waals surface area contributed by atoms with Crippen molar-refractivity contribution in [3.05, 3.63) is 35.1 Å². The van der Waals surface area contributed by atoms with E-state index in [0.717, 1.165) is 18.6 Å². The molecule has 1 aromatic carbocycles. The highest BCUT2D eigenvalue weighted by Crippen LogP contribution is 2.28. The summed E-state index contributed by atoms with van der Waals surface area (Å²) in [6.45, 7) is 3.68. The molecule has 0 aliphatic carbocycles. The zero-order chi connectivity index (χ0) is 12.3. The number of hydrogen-bond donors (Lipinski definition) is 1. The molecule has 0 saturated heterocycles. The Kier molecular flexibility index (Phi) is 4.35. The third kappa shape index (κ3) is 2.55. The SMILES string of the molecule is CCCC(C)C(O)c1ccc(F)c(F)c1F. The van der Waals surface area contributed by atoms with Crippen LogP contribution < -0.4 is 0 Å². The average molecular weight is 232 g/mol. The summed E-state index contributed by atoms with van der Waals surface area (Å²) in [5.41, 5.74) is -0.181. The highest BCUT2D eigenvalue weighted by atomic mass is 19.2. The van der Waals surface area contributed by atoms with Crippen LogP contribution >= 0.6 is 0 Å². The maximum atomic E-state index is 13.3. The van der Waals surface area contributed by atoms with Crippen molar-refractivity contribution in [3.8, 4) is 0 Å². The van der Waals surface area contributed by atoms with Crippen LogP contribution in [0.5, 0.6) is 0 Å². The smallest absolute Gasteiger partial charge is 0.194 e. The number of halogens is 3. The molecule has 1 N–H and O–H groups in total. The van der Waals surface area contributed by atoms with Gasteiger partial charge in [0.25, 0.3) is 0 Å². The monoisotopic (exact) mass is 232 g/mol. The molecule has 0 saturated carbocycles. The van der Waals surface area contributed by atoms with Crippen LogP contribution in [-0.4, -0.2) is 5.11 Å². The standard InChI is InChI=1S/C12H15F3O/c1-3-4-7(2)12(16)8-5-6-9(13)11(15)10(8)14/h5-7,12,16H,3-4H2,1-2H3. The molecular formula is C12H15F3O. The number of rotatable bonds is 4. The van der Waals surface area contributed by atoms with Crippen LogP contribution in [0.1, 0.15) is 38.4 Å². The number of benzene rings is 1. The van der Waals surface area contributed by atoms with Gasteiger partial charge >= 0.3 is 0 Å². The molecule has 2 atom stereocenters. The predicted molar refractivity (Wildman–Crippen MR) is 55.3 cm³/mol. The quantitative estimate of drug-likeness (QED) is 0.787. The van der Waals surface area contributed by atoms with Gasteiger partial charge in [0.2, 0.25) is 0 Å². The van der Waals surface area contributed by atoms with Crippen LogP contribution in [-0.2, 0) is 0 Å². The Hall–Kier alpha value is -1.03. The minimum atomic E-state index is -1.53. The van der Waals surface area contributed by atoms with Crippen LogP contribution in [0.3, 0.4) is 0 Å². The lowest BCUT2D eigenvalue weighted by Gasteiger charge is -2.19. The molecule has 0 aromatic heterocycles. The van der Waals surface area contributed by atoms with Gasteiger partial charge in [0, 0.05) is 5.56 Å². The summed E-state index contributed by atoms with van der Waals surface area (Å²) in [4.78, 5) is 0. The summed E-state index contributed by atoms with van der Waals surface area (Å²) in [7, 11) is 0. The van der Waals surface area contributed by atoms with Gasteiger partial charge in [0.1, 0.15) is 0 Å². The highest BCUT2D eigenvalue weighted by molar-refractivity contribution is 5.22. The van der Waals surface area contributed by atoms with Crippen LogP contribution in [0.4, 0.5) is 13.2 Å². The van der Waals surface area contributed by atoms with E-state index in [1.807, 2.05) is 6.92 Å². The number of aliphatic hydroxyl groups excluding tert-OH is 1. The van der Waals surface area contributed by atoms with Gasteiger partial charge in [-0.25, -0.2) is 13.2 Å². The summed E-state index contributed by atoms with van der Waals surface area (Å²) in [5.74, 6) is -4.25. The van der Waals surface area contributed by atoms with Crippen LogP contribution in [0.15, 0.2) is 12.1 Å². The van der Waals surface area contributed by atoms with Gasteiger partial charge in [0.15, 0.2) is 17.5 Å². The fraction of sp³-hybridized carbons (Fsp3) is 0.500. The minimum absolute atomic E-state index is 0.181. The molecule has 16 heavy (non-hydrogen) atoms. The molecule has 0 radical (unpaired) electrons. The van der Waals surface area contributed by atoms with Crippen molar-refractivity contribution >= 4 is 0 Å². The summed E-state index contributed by atoms with van der Waals surface area (Å²) < 4.78 is 39.0. The molecule has 1 aromatic rings. The van der Waals surface area contributed by atoms with E-state index < -0.39 is 23.6 Å².